The van der Waals surface area contributed by atoms with Crippen molar-refractivity contribution in [1.82, 2.24) is 4.98 Å². The lowest BCUT2D eigenvalue weighted by Gasteiger charge is -1.99. The molecule has 0 amide bonds. The Morgan fingerprint density at radius 2 is 1.48 bits per heavy atom. The molecule has 1 radical (unpaired) electrons. The van der Waals surface area contributed by atoms with Gasteiger partial charge >= 0.3 is 0 Å². The van der Waals surface area contributed by atoms with E-state index >= 15 is 0 Å². The van der Waals surface area contributed by atoms with E-state index in [-0.39, 0.29) is 0 Å². The Hall–Kier alpha value is -2.67. The molecular formula is C20H16N. The Morgan fingerprint density at radius 1 is 0.762 bits per heavy atom. The minimum Gasteiger partial charge on any atom is -0.248 e. The first kappa shape index (κ1) is 13.3. The summed E-state index contributed by atoms with van der Waals surface area (Å²) in [6.45, 7) is 2.08. The van der Waals surface area contributed by atoms with Crippen molar-refractivity contribution in [2.24, 2.45) is 0 Å². The standard InChI is InChI=1S/C13H8N.C7H8/c1-3-7-12-10(5-1)9-11-6-2-4-8-13(11)14-12;1-7-5-3-2-4-6-7/h1-5,7-9H;2-6H,1H3. The van der Waals surface area contributed by atoms with Crippen LogP contribution in [0.25, 0.3) is 21.8 Å². The first-order chi connectivity index (χ1) is 10.3. The van der Waals surface area contributed by atoms with Crippen LogP contribution in [0.4, 0.5) is 0 Å². The summed E-state index contributed by atoms with van der Waals surface area (Å²) in [5.74, 6) is 0. The zero-order chi connectivity index (χ0) is 14.5. The summed E-state index contributed by atoms with van der Waals surface area (Å²) in [5.41, 5.74) is 3.37. The van der Waals surface area contributed by atoms with Crippen LogP contribution in [0, 0.1) is 13.0 Å². The molecule has 1 aromatic heterocycles. The molecule has 4 aromatic rings. The number of rotatable bonds is 0. The SMILES string of the molecule is Cc1ccccc1.[c]1cccc2nc3ccccc3cc12. The minimum atomic E-state index is 1.01. The Balaban J connectivity index is 0.000000160. The fraction of sp³-hybridized carbons (Fsp3) is 0.0500. The van der Waals surface area contributed by atoms with Crippen LogP contribution in [0.15, 0.2) is 78.9 Å². The van der Waals surface area contributed by atoms with Crippen LogP contribution in [0.3, 0.4) is 0 Å². The predicted octanol–water partition coefficient (Wildman–Crippen LogP) is 5.18. The van der Waals surface area contributed by atoms with Crippen molar-refractivity contribution >= 4 is 21.8 Å². The number of aryl methyl sites for hydroxylation is 1. The van der Waals surface area contributed by atoms with Gasteiger partial charge in [-0.15, -0.1) is 0 Å². The maximum Gasteiger partial charge on any atom is 0.0715 e. The summed E-state index contributed by atoms with van der Waals surface area (Å²) in [6.07, 6.45) is 0. The first-order valence-corrected chi connectivity index (χ1v) is 7.01. The van der Waals surface area contributed by atoms with Gasteiger partial charge in [-0.25, -0.2) is 4.98 Å². The van der Waals surface area contributed by atoms with E-state index in [1.165, 1.54) is 10.9 Å². The van der Waals surface area contributed by atoms with Crippen LogP contribution < -0.4 is 0 Å². The largest absolute Gasteiger partial charge is 0.248 e. The molecule has 1 nitrogen and oxygen atoms in total. The topological polar surface area (TPSA) is 12.9 Å². The predicted molar refractivity (Wildman–Crippen MR) is 89.3 cm³/mol. The lowest BCUT2D eigenvalue weighted by atomic mass is 10.1. The minimum absolute atomic E-state index is 1.01. The van der Waals surface area contributed by atoms with Gasteiger partial charge in [0, 0.05) is 10.8 Å². The Morgan fingerprint density at radius 3 is 2.24 bits per heavy atom. The summed E-state index contributed by atoms with van der Waals surface area (Å²) >= 11 is 0. The average molecular weight is 270 g/mol. The van der Waals surface area contributed by atoms with E-state index in [2.05, 4.69) is 42.2 Å². The molecule has 3 aromatic carbocycles. The van der Waals surface area contributed by atoms with E-state index in [0.29, 0.717) is 0 Å². The number of benzene rings is 3. The van der Waals surface area contributed by atoms with Crippen molar-refractivity contribution in [2.75, 3.05) is 0 Å². The van der Waals surface area contributed by atoms with Gasteiger partial charge in [0.15, 0.2) is 0 Å². The number of hydrogen-bond acceptors (Lipinski definition) is 1. The van der Waals surface area contributed by atoms with Gasteiger partial charge in [-0.05, 0) is 31.2 Å². The van der Waals surface area contributed by atoms with E-state index in [9.17, 15) is 0 Å². The van der Waals surface area contributed by atoms with E-state index in [1.54, 1.807) is 0 Å². The maximum absolute atomic E-state index is 4.55. The second-order valence-corrected chi connectivity index (χ2v) is 4.94. The van der Waals surface area contributed by atoms with Crippen LogP contribution in [-0.4, -0.2) is 4.98 Å². The van der Waals surface area contributed by atoms with Crippen molar-refractivity contribution in [3.63, 3.8) is 0 Å². The molecule has 0 fully saturated rings. The van der Waals surface area contributed by atoms with Crippen molar-refractivity contribution in [3.05, 3.63) is 90.5 Å². The second kappa shape index (κ2) is 6.19. The van der Waals surface area contributed by atoms with Gasteiger partial charge in [-0.3, -0.25) is 0 Å². The normalized spacial score (nSPS) is 10.1. The smallest absolute Gasteiger partial charge is 0.0715 e. The maximum atomic E-state index is 4.55. The van der Waals surface area contributed by atoms with Gasteiger partial charge in [0.2, 0.25) is 0 Å². The molecule has 0 bridgehead atoms. The van der Waals surface area contributed by atoms with Gasteiger partial charge in [0.05, 0.1) is 11.0 Å². The van der Waals surface area contributed by atoms with Crippen LogP contribution in [0.2, 0.25) is 0 Å². The summed E-state index contributed by atoms with van der Waals surface area (Å²) in [7, 11) is 0. The third kappa shape index (κ3) is 3.26. The van der Waals surface area contributed by atoms with Crippen molar-refractivity contribution < 1.29 is 0 Å². The molecule has 0 spiro atoms. The van der Waals surface area contributed by atoms with Crippen molar-refractivity contribution in [2.45, 2.75) is 6.92 Å². The molecule has 1 heterocycles. The number of para-hydroxylation sites is 1. The average Bonchev–Trinajstić information content (AvgIpc) is 2.54. The third-order valence-corrected chi connectivity index (χ3v) is 3.28. The Kier molecular flexibility index (Phi) is 3.92. The number of hydrogen-bond donors (Lipinski definition) is 0. The summed E-state index contributed by atoms with van der Waals surface area (Å²) in [6, 6.07) is 29.6. The highest BCUT2D eigenvalue weighted by molar-refractivity contribution is 5.92. The highest BCUT2D eigenvalue weighted by Gasteiger charge is 1.97. The highest BCUT2D eigenvalue weighted by atomic mass is 14.7. The van der Waals surface area contributed by atoms with Gasteiger partial charge in [0.25, 0.3) is 0 Å². The third-order valence-electron chi connectivity index (χ3n) is 3.28. The molecule has 0 N–H and O–H groups in total. The van der Waals surface area contributed by atoms with Crippen molar-refractivity contribution in [3.8, 4) is 0 Å². The Bertz CT molecular complexity index is 746. The molecule has 0 aliphatic heterocycles. The fourth-order valence-corrected chi connectivity index (χ4v) is 2.19. The summed E-state index contributed by atoms with van der Waals surface area (Å²) in [4.78, 5) is 4.55. The quantitative estimate of drug-likeness (QED) is 0.401. The van der Waals surface area contributed by atoms with E-state index < -0.39 is 0 Å². The molecule has 101 valence electrons. The highest BCUT2D eigenvalue weighted by Crippen LogP contribution is 2.18. The fourth-order valence-electron chi connectivity index (χ4n) is 2.19. The molecule has 4 rings (SSSR count). The molecule has 21 heavy (non-hydrogen) atoms. The van der Waals surface area contributed by atoms with Gasteiger partial charge < -0.3 is 0 Å². The number of aromatic nitrogens is 1. The monoisotopic (exact) mass is 270 g/mol. The Labute approximate surface area is 124 Å². The molecule has 0 aliphatic rings. The van der Waals surface area contributed by atoms with E-state index in [4.69, 9.17) is 0 Å². The van der Waals surface area contributed by atoms with Crippen molar-refractivity contribution in [1.29, 1.82) is 0 Å². The van der Waals surface area contributed by atoms with Crippen LogP contribution >= 0.6 is 0 Å². The lowest BCUT2D eigenvalue weighted by Crippen LogP contribution is -1.80. The van der Waals surface area contributed by atoms with E-state index in [1.807, 2.05) is 54.6 Å². The molecule has 1 heteroatoms. The zero-order valence-corrected chi connectivity index (χ0v) is 12.0. The van der Waals surface area contributed by atoms with Gasteiger partial charge in [-0.1, -0.05) is 66.2 Å². The molecule has 0 aliphatic carbocycles. The zero-order valence-electron chi connectivity index (χ0n) is 12.0. The van der Waals surface area contributed by atoms with Crippen LogP contribution in [0.5, 0.6) is 0 Å². The number of fused-ring (bicyclic) bond motifs is 2. The number of nitrogens with zero attached hydrogens (tertiary/aromatic N) is 1. The van der Waals surface area contributed by atoms with E-state index in [0.717, 1.165) is 16.4 Å². The first-order valence-electron chi connectivity index (χ1n) is 7.01. The lowest BCUT2D eigenvalue weighted by molar-refractivity contribution is 1.48. The summed E-state index contributed by atoms with van der Waals surface area (Å²) < 4.78 is 0. The molecule has 0 saturated carbocycles. The second-order valence-electron chi connectivity index (χ2n) is 4.94. The number of pyridine rings is 1. The van der Waals surface area contributed by atoms with Gasteiger partial charge in [0.1, 0.15) is 0 Å². The molecular weight excluding hydrogens is 254 g/mol. The molecule has 0 saturated heterocycles. The van der Waals surface area contributed by atoms with Crippen LogP contribution in [0.1, 0.15) is 5.56 Å². The van der Waals surface area contributed by atoms with Crippen LogP contribution in [-0.2, 0) is 0 Å². The van der Waals surface area contributed by atoms with Gasteiger partial charge in [-0.2, -0.15) is 0 Å². The molecule has 0 atom stereocenters. The summed E-state index contributed by atoms with van der Waals surface area (Å²) in [5, 5.41) is 2.24. The molecule has 0 unspecified atom stereocenters.